The van der Waals surface area contributed by atoms with Crippen molar-refractivity contribution in [3.05, 3.63) is 65.4 Å². The highest BCUT2D eigenvalue weighted by Gasteiger charge is 2.11. The minimum atomic E-state index is 0.827. The van der Waals surface area contributed by atoms with Gasteiger partial charge in [0.25, 0.3) is 0 Å². The molecule has 2 N–H and O–H groups in total. The largest absolute Gasteiger partial charge is 0.399 e. The zero-order valence-electron chi connectivity index (χ0n) is 11.5. The maximum atomic E-state index is 5.84. The van der Waals surface area contributed by atoms with Gasteiger partial charge in [-0.1, -0.05) is 18.2 Å². The average Bonchev–Trinajstić information content (AvgIpc) is 3.05. The number of rotatable bonds is 2. The first-order chi connectivity index (χ1) is 9.79. The molecule has 2 heteroatoms. The Hall–Kier alpha value is -2.22. The summed E-state index contributed by atoms with van der Waals surface area (Å²) in [6.07, 6.45) is 5.95. The molecule has 0 radical (unpaired) electrons. The van der Waals surface area contributed by atoms with Crippen LogP contribution in [0.5, 0.6) is 0 Å². The van der Waals surface area contributed by atoms with Crippen LogP contribution in [-0.4, -0.2) is 4.57 Å². The van der Waals surface area contributed by atoms with Gasteiger partial charge in [-0.25, -0.2) is 0 Å². The zero-order valence-corrected chi connectivity index (χ0v) is 11.5. The fourth-order valence-corrected chi connectivity index (χ4v) is 3.28. The van der Waals surface area contributed by atoms with Crippen LogP contribution in [0.3, 0.4) is 0 Å². The third-order valence-electron chi connectivity index (χ3n) is 4.31. The van der Waals surface area contributed by atoms with Gasteiger partial charge in [0.05, 0.1) is 0 Å². The molecule has 100 valence electrons. The van der Waals surface area contributed by atoms with Crippen LogP contribution in [0.2, 0.25) is 0 Å². The van der Waals surface area contributed by atoms with Gasteiger partial charge in [0, 0.05) is 29.3 Å². The van der Waals surface area contributed by atoms with Gasteiger partial charge in [0.1, 0.15) is 0 Å². The number of nitrogens with zero attached hydrogens (tertiary/aromatic N) is 1. The summed E-state index contributed by atoms with van der Waals surface area (Å²) < 4.78 is 2.30. The Kier molecular flexibility index (Phi) is 2.56. The van der Waals surface area contributed by atoms with E-state index >= 15 is 0 Å². The molecule has 0 atom stereocenters. The molecule has 0 aliphatic heterocycles. The summed E-state index contributed by atoms with van der Waals surface area (Å²) in [6, 6.07) is 15.2. The van der Waals surface area contributed by atoms with Crippen LogP contribution in [0.4, 0.5) is 5.69 Å². The smallest absolute Gasteiger partial charge is 0.0484 e. The van der Waals surface area contributed by atoms with Crippen molar-refractivity contribution in [2.75, 3.05) is 5.73 Å². The van der Waals surface area contributed by atoms with Crippen LogP contribution in [0.15, 0.2) is 48.7 Å². The van der Waals surface area contributed by atoms with E-state index in [1.165, 1.54) is 35.7 Å². The molecule has 0 unspecified atom stereocenters. The Morgan fingerprint density at radius 3 is 2.80 bits per heavy atom. The molecule has 4 rings (SSSR count). The average molecular weight is 262 g/mol. The highest BCUT2D eigenvalue weighted by molar-refractivity contribution is 5.83. The monoisotopic (exact) mass is 262 g/mol. The molecule has 0 saturated heterocycles. The number of benzene rings is 2. The first-order valence-corrected chi connectivity index (χ1v) is 7.25. The van der Waals surface area contributed by atoms with Crippen molar-refractivity contribution < 1.29 is 0 Å². The van der Waals surface area contributed by atoms with Crippen LogP contribution >= 0.6 is 0 Å². The lowest BCUT2D eigenvalue weighted by Crippen LogP contribution is -1.99. The first kappa shape index (κ1) is 11.6. The Labute approximate surface area is 118 Å². The van der Waals surface area contributed by atoms with Crippen LogP contribution in [0.25, 0.3) is 10.9 Å². The van der Waals surface area contributed by atoms with E-state index in [1.807, 2.05) is 12.1 Å². The van der Waals surface area contributed by atoms with E-state index in [0.717, 1.165) is 12.2 Å². The van der Waals surface area contributed by atoms with Crippen LogP contribution in [0, 0.1) is 0 Å². The van der Waals surface area contributed by atoms with Gasteiger partial charge >= 0.3 is 0 Å². The second-order valence-electron chi connectivity index (χ2n) is 5.72. The van der Waals surface area contributed by atoms with E-state index in [4.69, 9.17) is 5.73 Å². The molecule has 20 heavy (non-hydrogen) atoms. The SMILES string of the molecule is Nc1ccc2c(ccn2Cc2ccc3c(c2)CCC3)c1. The fraction of sp³-hybridized carbons (Fsp3) is 0.222. The lowest BCUT2D eigenvalue weighted by Gasteiger charge is -2.08. The highest BCUT2D eigenvalue weighted by atomic mass is 14.9. The van der Waals surface area contributed by atoms with Crippen LogP contribution < -0.4 is 5.73 Å². The van der Waals surface area contributed by atoms with Gasteiger partial charge in [-0.2, -0.15) is 0 Å². The third kappa shape index (κ3) is 1.88. The van der Waals surface area contributed by atoms with Crippen molar-refractivity contribution in [3.63, 3.8) is 0 Å². The van der Waals surface area contributed by atoms with Gasteiger partial charge in [-0.15, -0.1) is 0 Å². The van der Waals surface area contributed by atoms with E-state index in [1.54, 1.807) is 11.1 Å². The number of nitrogens with two attached hydrogens (primary N) is 1. The molecule has 1 aromatic heterocycles. The number of aryl methyl sites for hydroxylation is 2. The predicted molar refractivity (Wildman–Crippen MR) is 83.9 cm³/mol. The standard InChI is InChI=1S/C18H18N2/c19-17-6-7-18-16(11-17)8-9-20(18)12-13-4-5-14-2-1-3-15(14)10-13/h4-11H,1-3,12,19H2. The fourth-order valence-electron chi connectivity index (χ4n) is 3.28. The van der Waals surface area contributed by atoms with Gasteiger partial charge < -0.3 is 10.3 Å². The van der Waals surface area contributed by atoms with Gasteiger partial charge in [0.2, 0.25) is 0 Å². The molecular weight excluding hydrogens is 244 g/mol. The molecule has 2 aromatic carbocycles. The Morgan fingerprint density at radius 2 is 1.85 bits per heavy atom. The quantitative estimate of drug-likeness (QED) is 0.700. The Morgan fingerprint density at radius 1 is 0.950 bits per heavy atom. The molecule has 3 aromatic rings. The van der Waals surface area contributed by atoms with E-state index < -0.39 is 0 Å². The topological polar surface area (TPSA) is 30.9 Å². The number of aromatic nitrogens is 1. The Balaban J connectivity index is 1.70. The summed E-state index contributed by atoms with van der Waals surface area (Å²) in [5, 5.41) is 1.21. The summed E-state index contributed by atoms with van der Waals surface area (Å²) >= 11 is 0. The van der Waals surface area contributed by atoms with Gasteiger partial charge in [-0.05, 0) is 60.2 Å². The number of nitrogen functional groups attached to an aromatic ring is 1. The van der Waals surface area contributed by atoms with Gasteiger partial charge in [0.15, 0.2) is 0 Å². The number of hydrogen-bond donors (Lipinski definition) is 1. The van der Waals surface area contributed by atoms with Crippen molar-refractivity contribution >= 4 is 16.6 Å². The lowest BCUT2D eigenvalue weighted by atomic mass is 10.1. The lowest BCUT2D eigenvalue weighted by molar-refractivity contribution is 0.834. The number of anilines is 1. The molecular formula is C18H18N2. The van der Waals surface area contributed by atoms with Crippen molar-refractivity contribution in [1.82, 2.24) is 4.57 Å². The van der Waals surface area contributed by atoms with Crippen molar-refractivity contribution in [2.24, 2.45) is 0 Å². The predicted octanol–water partition coefficient (Wildman–Crippen LogP) is 3.76. The van der Waals surface area contributed by atoms with Crippen molar-refractivity contribution in [1.29, 1.82) is 0 Å². The third-order valence-corrected chi connectivity index (χ3v) is 4.31. The van der Waals surface area contributed by atoms with Crippen LogP contribution in [0.1, 0.15) is 23.1 Å². The summed E-state index contributed by atoms with van der Waals surface area (Å²) in [6.45, 7) is 0.931. The summed E-state index contributed by atoms with van der Waals surface area (Å²) in [5.74, 6) is 0. The maximum Gasteiger partial charge on any atom is 0.0484 e. The molecule has 1 aliphatic carbocycles. The minimum Gasteiger partial charge on any atom is -0.399 e. The molecule has 1 heterocycles. The van der Waals surface area contributed by atoms with E-state index in [9.17, 15) is 0 Å². The van der Waals surface area contributed by atoms with E-state index in [-0.39, 0.29) is 0 Å². The summed E-state index contributed by atoms with van der Waals surface area (Å²) in [5.41, 5.74) is 12.4. The maximum absolute atomic E-state index is 5.84. The molecule has 0 bridgehead atoms. The molecule has 2 nitrogen and oxygen atoms in total. The van der Waals surface area contributed by atoms with Crippen molar-refractivity contribution in [2.45, 2.75) is 25.8 Å². The Bertz CT molecular complexity index is 783. The first-order valence-electron chi connectivity index (χ1n) is 7.25. The summed E-state index contributed by atoms with van der Waals surface area (Å²) in [7, 11) is 0. The number of fused-ring (bicyclic) bond motifs is 2. The minimum absolute atomic E-state index is 0.827. The van der Waals surface area contributed by atoms with E-state index in [0.29, 0.717) is 0 Å². The van der Waals surface area contributed by atoms with Gasteiger partial charge in [-0.3, -0.25) is 0 Å². The molecule has 0 spiro atoms. The second-order valence-corrected chi connectivity index (χ2v) is 5.72. The summed E-state index contributed by atoms with van der Waals surface area (Å²) in [4.78, 5) is 0. The van der Waals surface area contributed by atoms with Crippen molar-refractivity contribution in [3.8, 4) is 0 Å². The zero-order chi connectivity index (χ0) is 13.5. The molecule has 0 fully saturated rings. The normalized spacial score (nSPS) is 13.8. The molecule has 0 saturated carbocycles. The molecule has 0 amide bonds. The highest BCUT2D eigenvalue weighted by Crippen LogP contribution is 2.24. The molecule has 1 aliphatic rings. The second kappa shape index (κ2) is 4.41. The number of hydrogen-bond acceptors (Lipinski definition) is 1. The van der Waals surface area contributed by atoms with E-state index in [2.05, 4.69) is 41.1 Å². The van der Waals surface area contributed by atoms with Crippen LogP contribution in [-0.2, 0) is 19.4 Å².